The van der Waals surface area contributed by atoms with Crippen LogP contribution in [0.15, 0.2) is 18.2 Å². The van der Waals surface area contributed by atoms with Gasteiger partial charge in [-0.15, -0.1) is 12.4 Å². The number of nitro groups is 1. The fourth-order valence-electron chi connectivity index (χ4n) is 2.38. The zero-order valence-electron chi connectivity index (χ0n) is 10.4. The molecule has 19 heavy (non-hydrogen) atoms. The van der Waals surface area contributed by atoms with Gasteiger partial charge in [0.1, 0.15) is 5.75 Å². The van der Waals surface area contributed by atoms with Crippen LogP contribution in [-0.2, 0) is 0 Å². The highest BCUT2D eigenvalue weighted by Crippen LogP contribution is 2.34. The van der Waals surface area contributed by atoms with E-state index in [1.807, 2.05) is 0 Å². The van der Waals surface area contributed by atoms with Gasteiger partial charge >= 0.3 is 0 Å². The Morgan fingerprint density at radius 1 is 1.42 bits per heavy atom. The lowest BCUT2D eigenvalue weighted by molar-refractivity contribution is -0.385. The lowest BCUT2D eigenvalue weighted by Gasteiger charge is -2.28. The molecular weight excluding hydrogens is 270 g/mol. The summed E-state index contributed by atoms with van der Waals surface area (Å²) in [5.74, 6) is 0.283. The zero-order chi connectivity index (χ0) is 13.1. The van der Waals surface area contributed by atoms with E-state index in [2.05, 4.69) is 5.32 Å². The number of rotatable bonds is 3. The molecule has 0 unspecified atom stereocenters. The molecule has 1 aliphatic heterocycles. The van der Waals surface area contributed by atoms with Crippen LogP contribution in [0.3, 0.4) is 0 Å². The molecule has 4 N–H and O–H groups in total. The summed E-state index contributed by atoms with van der Waals surface area (Å²) in [4.78, 5) is 10.3. The number of benzene rings is 1. The number of non-ortho nitro benzene ring substituents is 1. The topological polar surface area (TPSA) is 101 Å². The largest absolute Gasteiger partial charge is 0.508 e. The van der Waals surface area contributed by atoms with Crippen molar-refractivity contribution in [3.8, 4) is 5.75 Å². The Bertz CT molecular complexity index is 450. The first-order valence-corrected chi connectivity index (χ1v) is 6.03. The van der Waals surface area contributed by atoms with Crippen LogP contribution in [0.25, 0.3) is 0 Å². The molecule has 0 radical (unpaired) electrons. The molecule has 7 heteroatoms. The third kappa shape index (κ3) is 3.56. The maximum Gasteiger partial charge on any atom is 0.270 e. The molecule has 1 aromatic rings. The Morgan fingerprint density at radius 3 is 2.63 bits per heavy atom. The maximum atomic E-state index is 10.7. The van der Waals surface area contributed by atoms with E-state index < -0.39 is 4.92 Å². The van der Waals surface area contributed by atoms with E-state index in [4.69, 9.17) is 5.73 Å². The van der Waals surface area contributed by atoms with Crippen molar-refractivity contribution in [2.45, 2.75) is 18.9 Å². The minimum absolute atomic E-state index is 0. The number of nitrogens with two attached hydrogens (primary N) is 1. The van der Waals surface area contributed by atoms with Gasteiger partial charge in [-0.3, -0.25) is 10.1 Å². The van der Waals surface area contributed by atoms with Crippen molar-refractivity contribution >= 4 is 18.1 Å². The Kier molecular flexibility index (Phi) is 5.53. The van der Waals surface area contributed by atoms with Crippen molar-refractivity contribution in [1.29, 1.82) is 0 Å². The summed E-state index contributed by atoms with van der Waals surface area (Å²) in [6.45, 7) is 1.79. The van der Waals surface area contributed by atoms with Crippen molar-refractivity contribution in [2.24, 2.45) is 11.7 Å². The van der Waals surface area contributed by atoms with Gasteiger partial charge in [0.05, 0.1) is 4.92 Å². The normalized spacial score (nSPS) is 17.5. The summed E-state index contributed by atoms with van der Waals surface area (Å²) in [6, 6.07) is 3.65. The van der Waals surface area contributed by atoms with E-state index in [0.29, 0.717) is 5.56 Å². The summed E-state index contributed by atoms with van der Waals surface area (Å²) in [5, 5.41) is 23.8. The Balaban J connectivity index is 0.00000180. The van der Waals surface area contributed by atoms with Gasteiger partial charge in [-0.05, 0) is 37.9 Å². The third-order valence-corrected chi connectivity index (χ3v) is 3.47. The fourth-order valence-corrected chi connectivity index (χ4v) is 2.38. The molecule has 1 fully saturated rings. The molecule has 0 amide bonds. The molecule has 106 valence electrons. The number of hydrogen-bond acceptors (Lipinski definition) is 5. The number of nitro benzene ring substituents is 1. The van der Waals surface area contributed by atoms with Gasteiger partial charge in [0.2, 0.25) is 0 Å². The lowest BCUT2D eigenvalue weighted by atomic mass is 9.86. The van der Waals surface area contributed by atoms with E-state index in [1.165, 1.54) is 18.2 Å². The van der Waals surface area contributed by atoms with Crippen LogP contribution >= 0.6 is 12.4 Å². The van der Waals surface area contributed by atoms with Gasteiger partial charge in [-0.25, -0.2) is 0 Å². The minimum Gasteiger partial charge on any atom is -0.508 e. The molecule has 1 saturated heterocycles. The standard InChI is InChI=1S/C12H17N3O3.ClH/c13-12(8-3-5-14-6-4-8)10-7-9(15(17)18)1-2-11(10)16;/h1-2,7-8,12,14,16H,3-6,13H2;1H/t12-;/m1./s1. The van der Waals surface area contributed by atoms with Gasteiger partial charge in [-0.1, -0.05) is 0 Å². The summed E-state index contributed by atoms with van der Waals surface area (Å²) in [5.41, 5.74) is 6.56. The predicted molar refractivity (Wildman–Crippen MR) is 74.5 cm³/mol. The summed E-state index contributed by atoms with van der Waals surface area (Å²) in [7, 11) is 0. The van der Waals surface area contributed by atoms with Gasteiger partial charge in [0, 0.05) is 23.7 Å². The van der Waals surface area contributed by atoms with Crippen molar-refractivity contribution < 1.29 is 10.0 Å². The van der Waals surface area contributed by atoms with Crippen LogP contribution in [0.5, 0.6) is 5.75 Å². The van der Waals surface area contributed by atoms with Crippen molar-refractivity contribution in [2.75, 3.05) is 13.1 Å². The third-order valence-electron chi connectivity index (χ3n) is 3.47. The smallest absolute Gasteiger partial charge is 0.270 e. The van der Waals surface area contributed by atoms with Crippen LogP contribution in [0.1, 0.15) is 24.4 Å². The molecule has 0 bridgehead atoms. The van der Waals surface area contributed by atoms with Crippen LogP contribution in [-0.4, -0.2) is 23.1 Å². The van der Waals surface area contributed by atoms with Crippen LogP contribution in [0, 0.1) is 16.0 Å². The highest BCUT2D eigenvalue weighted by Gasteiger charge is 2.25. The van der Waals surface area contributed by atoms with Crippen LogP contribution in [0.2, 0.25) is 0 Å². The second-order valence-electron chi connectivity index (χ2n) is 4.61. The van der Waals surface area contributed by atoms with E-state index in [9.17, 15) is 15.2 Å². The van der Waals surface area contributed by atoms with E-state index in [1.54, 1.807) is 0 Å². The number of aromatic hydroxyl groups is 1. The second-order valence-corrected chi connectivity index (χ2v) is 4.61. The predicted octanol–water partition coefficient (Wildman–Crippen LogP) is 1.72. The Hall–Kier alpha value is -1.37. The molecule has 0 aromatic heterocycles. The molecule has 1 heterocycles. The monoisotopic (exact) mass is 287 g/mol. The quantitative estimate of drug-likeness (QED) is 0.580. The fraction of sp³-hybridized carbons (Fsp3) is 0.500. The first-order valence-electron chi connectivity index (χ1n) is 6.03. The molecular formula is C12H18ClN3O3. The minimum atomic E-state index is -0.474. The molecule has 6 nitrogen and oxygen atoms in total. The summed E-state index contributed by atoms with van der Waals surface area (Å²) < 4.78 is 0. The summed E-state index contributed by atoms with van der Waals surface area (Å²) in [6.07, 6.45) is 1.84. The van der Waals surface area contributed by atoms with Crippen molar-refractivity contribution in [1.82, 2.24) is 5.32 Å². The average molecular weight is 288 g/mol. The zero-order valence-corrected chi connectivity index (χ0v) is 11.2. The van der Waals surface area contributed by atoms with E-state index in [0.717, 1.165) is 25.9 Å². The number of piperidine rings is 1. The van der Waals surface area contributed by atoms with Gasteiger partial charge in [-0.2, -0.15) is 0 Å². The van der Waals surface area contributed by atoms with Crippen molar-refractivity contribution in [3.05, 3.63) is 33.9 Å². The number of nitrogens with one attached hydrogen (secondary N) is 1. The molecule has 1 aliphatic rings. The molecule has 2 rings (SSSR count). The number of hydrogen-bond donors (Lipinski definition) is 3. The second kappa shape index (κ2) is 6.70. The number of nitrogens with zero attached hydrogens (tertiary/aromatic N) is 1. The average Bonchev–Trinajstić information content (AvgIpc) is 2.39. The highest BCUT2D eigenvalue weighted by molar-refractivity contribution is 5.85. The number of phenols is 1. The van der Waals surface area contributed by atoms with Crippen molar-refractivity contribution in [3.63, 3.8) is 0 Å². The molecule has 0 saturated carbocycles. The van der Waals surface area contributed by atoms with E-state index in [-0.39, 0.29) is 35.8 Å². The first kappa shape index (κ1) is 15.7. The molecule has 1 aromatic carbocycles. The summed E-state index contributed by atoms with van der Waals surface area (Å²) >= 11 is 0. The van der Waals surface area contributed by atoms with E-state index >= 15 is 0 Å². The Morgan fingerprint density at radius 2 is 2.05 bits per heavy atom. The first-order chi connectivity index (χ1) is 8.59. The number of phenolic OH excluding ortho intramolecular Hbond substituents is 1. The molecule has 0 spiro atoms. The van der Waals surface area contributed by atoms with Gasteiger partial charge in [0.15, 0.2) is 0 Å². The lowest BCUT2D eigenvalue weighted by Crippen LogP contribution is -2.33. The maximum absolute atomic E-state index is 10.7. The Labute approximate surface area is 117 Å². The molecule has 0 aliphatic carbocycles. The van der Waals surface area contributed by atoms with Crippen LogP contribution < -0.4 is 11.1 Å². The van der Waals surface area contributed by atoms with Gasteiger partial charge in [0.25, 0.3) is 5.69 Å². The van der Waals surface area contributed by atoms with Gasteiger partial charge < -0.3 is 16.2 Å². The SMILES string of the molecule is Cl.N[C@@H](c1cc([N+](=O)[O-])ccc1O)C1CCNCC1. The van der Waals surface area contributed by atoms with Crippen LogP contribution in [0.4, 0.5) is 5.69 Å². The molecule has 1 atom stereocenters. The highest BCUT2D eigenvalue weighted by atomic mass is 35.5. The number of halogens is 1.